The van der Waals surface area contributed by atoms with E-state index < -0.39 is 23.6 Å². The summed E-state index contributed by atoms with van der Waals surface area (Å²) in [5, 5.41) is 9.71. The van der Waals surface area contributed by atoms with E-state index in [0.29, 0.717) is 6.42 Å². The normalized spacial score (nSPS) is 20.1. The molecule has 1 amide bonds. The van der Waals surface area contributed by atoms with E-state index in [2.05, 4.69) is 12.1 Å². The standard InChI is InChI=1S/C20H29NO4/c1-14(2)17-16(18(22)25-17)21(19(23)24)20(3,4)13-9-8-12-15-10-6-5-7-11-15/h5-7,10-11,14,16-17H,8-9,12-13H2,1-4H3,(H,23,24)/t16-,17+/m1/s1. The summed E-state index contributed by atoms with van der Waals surface area (Å²) in [5.41, 5.74) is 0.678. The molecule has 1 aliphatic heterocycles. The number of carboxylic acid groups (broad SMARTS) is 1. The van der Waals surface area contributed by atoms with E-state index in [0.717, 1.165) is 19.3 Å². The van der Waals surface area contributed by atoms with E-state index in [1.807, 2.05) is 45.9 Å². The molecule has 0 aromatic heterocycles. The molecule has 1 fully saturated rings. The zero-order valence-electron chi connectivity index (χ0n) is 15.6. The Morgan fingerprint density at radius 1 is 1.24 bits per heavy atom. The van der Waals surface area contributed by atoms with E-state index in [9.17, 15) is 14.7 Å². The van der Waals surface area contributed by atoms with Crippen LogP contribution in [0.3, 0.4) is 0 Å². The number of amides is 1. The average molecular weight is 347 g/mol. The van der Waals surface area contributed by atoms with Gasteiger partial charge in [0, 0.05) is 5.54 Å². The molecule has 0 unspecified atom stereocenters. The monoisotopic (exact) mass is 347 g/mol. The minimum absolute atomic E-state index is 0.0958. The molecule has 138 valence electrons. The first kappa shape index (κ1) is 19.3. The first-order chi connectivity index (χ1) is 11.7. The maximum Gasteiger partial charge on any atom is 0.408 e. The zero-order valence-corrected chi connectivity index (χ0v) is 15.6. The van der Waals surface area contributed by atoms with Gasteiger partial charge in [0.1, 0.15) is 6.10 Å². The van der Waals surface area contributed by atoms with Gasteiger partial charge in [0.15, 0.2) is 6.04 Å². The number of benzene rings is 1. The Morgan fingerprint density at radius 2 is 1.88 bits per heavy atom. The summed E-state index contributed by atoms with van der Waals surface area (Å²) < 4.78 is 5.18. The maximum absolute atomic E-state index is 11.9. The van der Waals surface area contributed by atoms with Crippen LogP contribution in [-0.4, -0.2) is 39.8 Å². The molecule has 0 saturated carbocycles. The Labute approximate surface area is 150 Å². The molecule has 1 saturated heterocycles. The summed E-state index contributed by atoms with van der Waals surface area (Å²) in [6.45, 7) is 7.67. The van der Waals surface area contributed by atoms with Gasteiger partial charge in [-0.15, -0.1) is 0 Å². The molecule has 25 heavy (non-hydrogen) atoms. The topological polar surface area (TPSA) is 66.8 Å². The molecule has 2 atom stereocenters. The highest BCUT2D eigenvalue weighted by atomic mass is 16.6. The van der Waals surface area contributed by atoms with Crippen molar-refractivity contribution in [3.63, 3.8) is 0 Å². The first-order valence-electron chi connectivity index (χ1n) is 9.00. The minimum Gasteiger partial charge on any atom is -0.465 e. The summed E-state index contributed by atoms with van der Waals surface area (Å²) in [6.07, 6.45) is 2.17. The molecular formula is C20H29NO4. The lowest BCUT2D eigenvalue weighted by Crippen LogP contribution is -2.67. The number of cyclic esters (lactones) is 1. The minimum atomic E-state index is -1.06. The predicted molar refractivity (Wildman–Crippen MR) is 96.4 cm³/mol. The summed E-state index contributed by atoms with van der Waals surface area (Å²) in [5.74, 6) is -0.336. The molecule has 1 aliphatic rings. The van der Waals surface area contributed by atoms with Crippen molar-refractivity contribution in [1.29, 1.82) is 0 Å². The number of nitrogens with zero attached hydrogens (tertiary/aromatic N) is 1. The number of carbonyl (C=O) groups excluding carboxylic acids is 1. The largest absolute Gasteiger partial charge is 0.465 e. The molecule has 0 spiro atoms. The van der Waals surface area contributed by atoms with Gasteiger partial charge in [-0.25, -0.2) is 9.59 Å². The van der Waals surface area contributed by atoms with Crippen molar-refractivity contribution in [2.75, 3.05) is 0 Å². The number of unbranched alkanes of at least 4 members (excludes halogenated alkanes) is 1. The average Bonchev–Trinajstić information content (AvgIpc) is 2.54. The Bertz CT molecular complexity index is 597. The second kappa shape index (κ2) is 7.89. The van der Waals surface area contributed by atoms with Crippen LogP contribution in [0, 0.1) is 5.92 Å². The molecule has 2 rings (SSSR count). The fraction of sp³-hybridized carbons (Fsp3) is 0.600. The van der Waals surface area contributed by atoms with Gasteiger partial charge < -0.3 is 9.84 Å². The predicted octanol–water partition coefficient (Wildman–Crippen LogP) is 4.11. The van der Waals surface area contributed by atoms with Crippen LogP contribution >= 0.6 is 0 Å². The fourth-order valence-electron chi connectivity index (χ4n) is 3.49. The highest BCUT2D eigenvalue weighted by Gasteiger charge is 2.53. The lowest BCUT2D eigenvalue weighted by Gasteiger charge is -2.49. The van der Waals surface area contributed by atoms with Crippen LogP contribution in [0.15, 0.2) is 30.3 Å². The molecule has 0 aliphatic carbocycles. The number of aryl methyl sites for hydroxylation is 1. The zero-order chi connectivity index (χ0) is 18.6. The number of hydrogen-bond acceptors (Lipinski definition) is 3. The molecule has 1 heterocycles. The molecular weight excluding hydrogens is 318 g/mol. The third kappa shape index (κ3) is 4.53. The maximum atomic E-state index is 11.9. The second-order valence-corrected chi connectivity index (χ2v) is 7.75. The SMILES string of the molecule is CC(C)[C@@H]1OC(=O)[C@@H]1N(C(=O)O)C(C)(C)CCCCc1ccccc1. The van der Waals surface area contributed by atoms with Gasteiger partial charge in [-0.1, -0.05) is 50.6 Å². The van der Waals surface area contributed by atoms with Crippen LogP contribution in [0.1, 0.15) is 52.5 Å². The Hall–Kier alpha value is -2.04. The van der Waals surface area contributed by atoms with Crippen LogP contribution in [-0.2, 0) is 16.0 Å². The molecule has 1 N–H and O–H groups in total. The highest BCUT2D eigenvalue weighted by Crippen LogP contribution is 2.34. The Kier molecular flexibility index (Phi) is 6.09. The number of rotatable bonds is 8. The summed E-state index contributed by atoms with van der Waals surface area (Å²) in [6, 6.07) is 9.57. The molecule has 0 bridgehead atoms. The summed E-state index contributed by atoms with van der Waals surface area (Å²) in [7, 11) is 0. The molecule has 5 heteroatoms. The van der Waals surface area contributed by atoms with Gasteiger partial charge in [-0.2, -0.15) is 0 Å². The lowest BCUT2D eigenvalue weighted by molar-refractivity contribution is -0.196. The molecule has 1 aromatic rings. The number of esters is 1. The Morgan fingerprint density at radius 3 is 2.40 bits per heavy atom. The van der Waals surface area contributed by atoms with Crippen molar-refractivity contribution in [3.8, 4) is 0 Å². The van der Waals surface area contributed by atoms with Crippen molar-refractivity contribution in [1.82, 2.24) is 4.90 Å². The van der Waals surface area contributed by atoms with Crippen LogP contribution in [0.25, 0.3) is 0 Å². The van der Waals surface area contributed by atoms with Gasteiger partial charge >= 0.3 is 12.1 Å². The van der Waals surface area contributed by atoms with E-state index in [1.54, 1.807) is 0 Å². The van der Waals surface area contributed by atoms with Crippen LogP contribution in [0.4, 0.5) is 4.79 Å². The van der Waals surface area contributed by atoms with Gasteiger partial charge in [-0.3, -0.25) is 4.90 Å². The molecule has 1 aromatic carbocycles. The van der Waals surface area contributed by atoms with Crippen molar-refractivity contribution in [2.45, 2.75) is 71.1 Å². The number of ether oxygens (including phenoxy) is 1. The van der Waals surface area contributed by atoms with Gasteiger partial charge in [-0.05, 0) is 44.6 Å². The van der Waals surface area contributed by atoms with Crippen molar-refractivity contribution >= 4 is 12.1 Å². The molecule has 5 nitrogen and oxygen atoms in total. The quantitative estimate of drug-likeness (QED) is 0.568. The summed E-state index contributed by atoms with van der Waals surface area (Å²) in [4.78, 5) is 25.1. The number of carbonyl (C=O) groups is 2. The van der Waals surface area contributed by atoms with Gasteiger partial charge in [0.2, 0.25) is 0 Å². The van der Waals surface area contributed by atoms with Crippen LogP contribution in [0.5, 0.6) is 0 Å². The van der Waals surface area contributed by atoms with Crippen LogP contribution < -0.4 is 0 Å². The Balaban J connectivity index is 1.96. The first-order valence-corrected chi connectivity index (χ1v) is 9.00. The van der Waals surface area contributed by atoms with E-state index >= 15 is 0 Å². The third-order valence-electron chi connectivity index (χ3n) is 4.95. The van der Waals surface area contributed by atoms with Gasteiger partial charge in [0.25, 0.3) is 0 Å². The van der Waals surface area contributed by atoms with Crippen molar-refractivity contribution in [2.24, 2.45) is 5.92 Å². The van der Waals surface area contributed by atoms with Crippen molar-refractivity contribution < 1.29 is 19.4 Å². The van der Waals surface area contributed by atoms with Crippen molar-refractivity contribution in [3.05, 3.63) is 35.9 Å². The smallest absolute Gasteiger partial charge is 0.408 e. The molecule has 0 radical (unpaired) electrons. The van der Waals surface area contributed by atoms with Crippen LogP contribution in [0.2, 0.25) is 0 Å². The van der Waals surface area contributed by atoms with E-state index in [4.69, 9.17) is 4.74 Å². The second-order valence-electron chi connectivity index (χ2n) is 7.75. The van der Waals surface area contributed by atoms with Gasteiger partial charge in [0.05, 0.1) is 0 Å². The summed E-state index contributed by atoms with van der Waals surface area (Å²) >= 11 is 0. The number of hydrogen-bond donors (Lipinski definition) is 1. The highest BCUT2D eigenvalue weighted by molar-refractivity contribution is 5.86. The van der Waals surface area contributed by atoms with E-state index in [-0.39, 0.29) is 12.0 Å². The lowest BCUT2D eigenvalue weighted by atomic mass is 9.87. The third-order valence-corrected chi connectivity index (χ3v) is 4.95. The van der Waals surface area contributed by atoms with E-state index in [1.165, 1.54) is 10.5 Å². The fourth-order valence-corrected chi connectivity index (χ4v) is 3.49.